The molecule has 1 aromatic carbocycles. The van der Waals surface area contributed by atoms with E-state index in [9.17, 15) is 0 Å². The number of benzene rings is 1. The standard InChI is InChI=1S/C9H8Cl2N2O/c10-6-1-2-8(11)9(3-6)14-5-7(13)4-12/h1-3,7H,5,13H2. The van der Waals surface area contributed by atoms with Crippen LogP contribution in [0.5, 0.6) is 5.75 Å². The van der Waals surface area contributed by atoms with Gasteiger partial charge in [0.05, 0.1) is 11.1 Å². The van der Waals surface area contributed by atoms with Crippen LogP contribution in [0.1, 0.15) is 0 Å². The van der Waals surface area contributed by atoms with E-state index >= 15 is 0 Å². The lowest BCUT2D eigenvalue weighted by Gasteiger charge is -2.08. The summed E-state index contributed by atoms with van der Waals surface area (Å²) in [5.41, 5.74) is 5.35. The Kier molecular flexibility index (Phi) is 4.02. The molecule has 2 N–H and O–H groups in total. The predicted molar refractivity (Wildman–Crippen MR) is 55.5 cm³/mol. The lowest BCUT2D eigenvalue weighted by Crippen LogP contribution is -2.25. The zero-order valence-corrected chi connectivity index (χ0v) is 8.72. The summed E-state index contributed by atoms with van der Waals surface area (Å²) in [6.07, 6.45) is 0. The lowest BCUT2D eigenvalue weighted by molar-refractivity contribution is 0.309. The summed E-state index contributed by atoms with van der Waals surface area (Å²) in [4.78, 5) is 0. The lowest BCUT2D eigenvalue weighted by atomic mass is 10.3. The molecule has 0 saturated heterocycles. The number of nitrogens with two attached hydrogens (primary N) is 1. The highest BCUT2D eigenvalue weighted by Crippen LogP contribution is 2.27. The maximum absolute atomic E-state index is 8.42. The number of hydrogen-bond acceptors (Lipinski definition) is 3. The van der Waals surface area contributed by atoms with Gasteiger partial charge in [-0.1, -0.05) is 23.2 Å². The highest BCUT2D eigenvalue weighted by Gasteiger charge is 2.05. The van der Waals surface area contributed by atoms with E-state index in [1.807, 2.05) is 6.07 Å². The molecule has 14 heavy (non-hydrogen) atoms. The summed E-state index contributed by atoms with van der Waals surface area (Å²) in [6, 6.07) is 6.04. The average Bonchev–Trinajstić information content (AvgIpc) is 2.19. The second kappa shape index (κ2) is 5.06. The largest absolute Gasteiger partial charge is 0.489 e. The SMILES string of the molecule is N#CC(N)COc1cc(Cl)ccc1Cl. The minimum absolute atomic E-state index is 0.0938. The van der Waals surface area contributed by atoms with Crippen molar-refractivity contribution in [2.45, 2.75) is 6.04 Å². The molecular formula is C9H8Cl2N2O. The maximum Gasteiger partial charge on any atom is 0.139 e. The summed E-state index contributed by atoms with van der Waals surface area (Å²) in [5.74, 6) is 0.435. The van der Waals surface area contributed by atoms with E-state index in [0.29, 0.717) is 15.8 Å². The van der Waals surface area contributed by atoms with E-state index in [1.165, 1.54) is 0 Å². The summed E-state index contributed by atoms with van der Waals surface area (Å²) >= 11 is 11.5. The van der Waals surface area contributed by atoms with Crippen molar-refractivity contribution in [3.63, 3.8) is 0 Å². The molecule has 1 unspecified atom stereocenters. The summed E-state index contributed by atoms with van der Waals surface area (Å²) < 4.78 is 5.21. The number of rotatable bonds is 3. The number of halogens is 2. The Labute approximate surface area is 92.0 Å². The van der Waals surface area contributed by atoms with E-state index in [1.54, 1.807) is 18.2 Å². The van der Waals surface area contributed by atoms with Crippen LogP contribution < -0.4 is 10.5 Å². The Balaban J connectivity index is 2.67. The Morgan fingerprint density at radius 3 is 2.86 bits per heavy atom. The highest BCUT2D eigenvalue weighted by molar-refractivity contribution is 6.34. The van der Waals surface area contributed by atoms with E-state index in [0.717, 1.165) is 0 Å². The van der Waals surface area contributed by atoms with Gasteiger partial charge >= 0.3 is 0 Å². The van der Waals surface area contributed by atoms with Gasteiger partial charge in [0.1, 0.15) is 18.4 Å². The summed E-state index contributed by atoms with van der Waals surface area (Å²) in [5, 5.41) is 9.39. The molecule has 0 aliphatic rings. The summed E-state index contributed by atoms with van der Waals surface area (Å²) in [6.45, 7) is 0.0938. The first-order valence-corrected chi connectivity index (χ1v) is 4.62. The van der Waals surface area contributed by atoms with Gasteiger partial charge in [0.25, 0.3) is 0 Å². The van der Waals surface area contributed by atoms with Crippen molar-refractivity contribution in [1.82, 2.24) is 0 Å². The topological polar surface area (TPSA) is 59.0 Å². The number of hydrogen-bond donors (Lipinski definition) is 1. The fraction of sp³-hybridized carbons (Fsp3) is 0.222. The van der Waals surface area contributed by atoms with Crippen LogP contribution in [0.25, 0.3) is 0 Å². The van der Waals surface area contributed by atoms with Gasteiger partial charge in [0.2, 0.25) is 0 Å². The Morgan fingerprint density at radius 1 is 1.50 bits per heavy atom. The van der Waals surface area contributed by atoms with Gasteiger partial charge in [-0.3, -0.25) is 0 Å². The number of ether oxygens (including phenoxy) is 1. The van der Waals surface area contributed by atoms with Crippen LogP contribution >= 0.6 is 23.2 Å². The minimum atomic E-state index is -0.662. The maximum atomic E-state index is 8.42. The zero-order chi connectivity index (χ0) is 10.6. The van der Waals surface area contributed by atoms with Gasteiger partial charge in [-0.2, -0.15) is 5.26 Å². The van der Waals surface area contributed by atoms with Crippen molar-refractivity contribution < 1.29 is 4.74 Å². The molecule has 0 saturated carbocycles. The molecule has 3 nitrogen and oxygen atoms in total. The van der Waals surface area contributed by atoms with Gasteiger partial charge in [-0.05, 0) is 12.1 Å². The molecule has 1 rings (SSSR count). The van der Waals surface area contributed by atoms with Crippen LogP contribution in [0.4, 0.5) is 0 Å². The second-order valence-corrected chi connectivity index (χ2v) is 3.46. The van der Waals surface area contributed by atoms with Gasteiger partial charge in [-0.15, -0.1) is 0 Å². The van der Waals surface area contributed by atoms with E-state index < -0.39 is 6.04 Å². The molecule has 0 radical (unpaired) electrons. The molecule has 0 amide bonds. The first kappa shape index (κ1) is 11.1. The molecule has 0 fully saturated rings. The third-order valence-corrected chi connectivity index (χ3v) is 2.02. The van der Waals surface area contributed by atoms with Crippen molar-refractivity contribution in [2.24, 2.45) is 5.73 Å². The molecule has 0 aromatic heterocycles. The van der Waals surface area contributed by atoms with Gasteiger partial charge in [0.15, 0.2) is 0 Å². The summed E-state index contributed by atoms with van der Waals surface area (Å²) in [7, 11) is 0. The van der Waals surface area contributed by atoms with Crippen LogP contribution in [-0.4, -0.2) is 12.6 Å². The highest BCUT2D eigenvalue weighted by atomic mass is 35.5. The van der Waals surface area contributed by atoms with Crippen molar-refractivity contribution in [3.05, 3.63) is 28.2 Å². The normalized spacial score (nSPS) is 11.9. The minimum Gasteiger partial charge on any atom is -0.489 e. The smallest absolute Gasteiger partial charge is 0.139 e. The third kappa shape index (κ3) is 3.08. The van der Waals surface area contributed by atoms with Crippen molar-refractivity contribution >= 4 is 23.2 Å². The van der Waals surface area contributed by atoms with Crippen molar-refractivity contribution in [1.29, 1.82) is 5.26 Å². The third-order valence-electron chi connectivity index (χ3n) is 1.48. The number of nitrogens with zero attached hydrogens (tertiary/aromatic N) is 1. The zero-order valence-electron chi connectivity index (χ0n) is 7.21. The molecule has 0 spiro atoms. The van der Waals surface area contributed by atoms with E-state index in [-0.39, 0.29) is 6.61 Å². The number of nitriles is 1. The molecule has 1 atom stereocenters. The van der Waals surface area contributed by atoms with Gasteiger partial charge in [0, 0.05) is 11.1 Å². The fourth-order valence-electron chi connectivity index (χ4n) is 0.805. The molecule has 0 aliphatic heterocycles. The van der Waals surface area contributed by atoms with Crippen LogP contribution in [0.15, 0.2) is 18.2 Å². The molecular weight excluding hydrogens is 223 g/mol. The monoisotopic (exact) mass is 230 g/mol. The van der Waals surface area contributed by atoms with Crippen LogP contribution in [-0.2, 0) is 0 Å². The van der Waals surface area contributed by atoms with E-state index in [4.69, 9.17) is 38.9 Å². The van der Waals surface area contributed by atoms with Crippen LogP contribution in [0.3, 0.4) is 0 Å². The second-order valence-electron chi connectivity index (χ2n) is 2.62. The average molecular weight is 231 g/mol. The Bertz CT molecular complexity index is 362. The van der Waals surface area contributed by atoms with Crippen molar-refractivity contribution in [3.8, 4) is 11.8 Å². The molecule has 0 bridgehead atoms. The van der Waals surface area contributed by atoms with Crippen molar-refractivity contribution in [2.75, 3.05) is 6.61 Å². The quantitative estimate of drug-likeness (QED) is 0.867. The molecule has 5 heteroatoms. The Hall–Kier alpha value is -0.950. The molecule has 0 aliphatic carbocycles. The Morgan fingerprint density at radius 2 is 2.21 bits per heavy atom. The van der Waals surface area contributed by atoms with Crippen LogP contribution in [0.2, 0.25) is 10.0 Å². The first-order valence-electron chi connectivity index (χ1n) is 3.86. The van der Waals surface area contributed by atoms with Gasteiger partial charge < -0.3 is 10.5 Å². The predicted octanol–water partition coefficient (Wildman–Crippen LogP) is 2.22. The van der Waals surface area contributed by atoms with Gasteiger partial charge in [-0.25, -0.2) is 0 Å². The molecule has 74 valence electrons. The van der Waals surface area contributed by atoms with Crippen LogP contribution in [0, 0.1) is 11.3 Å². The van der Waals surface area contributed by atoms with E-state index in [2.05, 4.69) is 0 Å². The molecule has 0 heterocycles. The fourth-order valence-corrected chi connectivity index (χ4v) is 1.14. The molecule has 1 aromatic rings. The first-order chi connectivity index (χ1) is 6.63.